The van der Waals surface area contributed by atoms with Crippen molar-refractivity contribution in [3.8, 4) is 17.2 Å². The molecule has 152 valence electrons. The maximum absolute atomic E-state index is 12.8. The molecule has 29 heavy (non-hydrogen) atoms. The van der Waals surface area contributed by atoms with Crippen molar-refractivity contribution in [3.05, 3.63) is 47.5 Å². The monoisotopic (exact) mass is 399 g/mol. The average Bonchev–Trinajstić information content (AvgIpc) is 3.04. The predicted molar refractivity (Wildman–Crippen MR) is 104 cm³/mol. The summed E-state index contributed by atoms with van der Waals surface area (Å²) in [7, 11) is 4.43. The second-order valence-corrected chi connectivity index (χ2v) is 6.20. The highest BCUT2D eigenvalue weighted by Crippen LogP contribution is 2.35. The van der Waals surface area contributed by atoms with E-state index in [0.717, 1.165) is 4.90 Å². The van der Waals surface area contributed by atoms with E-state index in [-0.39, 0.29) is 24.6 Å². The maximum atomic E-state index is 12.8. The van der Waals surface area contributed by atoms with Gasteiger partial charge >= 0.3 is 6.03 Å². The first-order chi connectivity index (χ1) is 14.0. The molecule has 0 aliphatic carbocycles. The van der Waals surface area contributed by atoms with Crippen molar-refractivity contribution in [1.29, 1.82) is 0 Å². The van der Waals surface area contributed by atoms with Gasteiger partial charge in [-0.3, -0.25) is 14.5 Å². The lowest BCUT2D eigenvalue weighted by atomic mass is 10.1. The van der Waals surface area contributed by atoms with Crippen molar-refractivity contribution in [2.24, 2.45) is 0 Å². The SMILES string of the molecule is COc1cc(OC)c(C(=O)Nc2cccc(CN3C(=O)CNC3=O)c2)cc1OC. The van der Waals surface area contributed by atoms with E-state index >= 15 is 0 Å². The Bertz CT molecular complexity index is 943. The number of benzene rings is 2. The molecule has 2 N–H and O–H groups in total. The molecule has 0 aromatic heterocycles. The summed E-state index contributed by atoms with van der Waals surface area (Å²) >= 11 is 0. The Hall–Kier alpha value is -3.75. The number of nitrogens with zero attached hydrogens (tertiary/aromatic N) is 1. The summed E-state index contributed by atoms with van der Waals surface area (Å²) in [5.74, 6) is 0.465. The van der Waals surface area contributed by atoms with Gasteiger partial charge in [-0.1, -0.05) is 12.1 Å². The molecular formula is C20H21N3O6. The summed E-state index contributed by atoms with van der Waals surface area (Å²) in [6.45, 7) is 0.114. The van der Waals surface area contributed by atoms with Gasteiger partial charge in [0.2, 0.25) is 5.91 Å². The van der Waals surface area contributed by atoms with E-state index in [2.05, 4.69) is 10.6 Å². The Morgan fingerprint density at radius 1 is 1.03 bits per heavy atom. The first-order valence-electron chi connectivity index (χ1n) is 8.75. The lowest BCUT2D eigenvalue weighted by Crippen LogP contribution is -2.30. The van der Waals surface area contributed by atoms with Crippen LogP contribution in [0.5, 0.6) is 17.2 Å². The zero-order valence-corrected chi connectivity index (χ0v) is 16.3. The van der Waals surface area contributed by atoms with Crippen LogP contribution in [0.15, 0.2) is 36.4 Å². The van der Waals surface area contributed by atoms with Crippen LogP contribution < -0.4 is 24.8 Å². The largest absolute Gasteiger partial charge is 0.496 e. The highest BCUT2D eigenvalue weighted by atomic mass is 16.5. The lowest BCUT2D eigenvalue weighted by Gasteiger charge is -2.15. The van der Waals surface area contributed by atoms with E-state index in [1.54, 1.807) is 30.3 Å². The maximum Gasteiger partial charge on any atom is 0.324 e. The minimum Gasteiger partial charge on any atom is -0.496 e. The smallest absolute Gasteiger partial charge is 0.324 e. The highest BCUT2D eigenvalue weighted by Gasteiger charge is 2.28. The first-order valence-corrected chi connectivity index (χ1v) is 8.75. The molecule has 0 bridgehead atoms. The number of imide groups is 1. The van der Waals surface area contributed by atoms with Crippen molar-refractivity contribution in [2.45, 2.75) is 6.54 Å². The number of carbonyl (C=O) groups is 3. The first kappa shape index (κ1) is 20.0. The molecule has 1 aliphatic rings. The van der Waals surface area contributed by atoms with Gasteiger partial charge in [-0.05, 0) is 17.7 Å². The van der Waals surface area contributed by atoms with E-state index in [0.29, 0.717) is 28.5 Å². The zero-order chi connectivity index (χ0) is 21.0. The molecule has 0 saturated carbocycles. The molecule has 0 radical (unpaired) electrons. The van der Waals surface area contributed by atoms with Crippen molar-refractivity contribution in [3.63, 3.8) is 0 Å². The molecule has 0 spiro atoms. The van der Waals surface area contributed by atoms with E-state index in [4.69, 9.17) is 14.2 Å². The molecule has 2 aromatic carbocycles. The Morgan fingerprint density at radius 3 is 2.34 bits per heavy atom. The summed E-state index contributed by atoms with van der Waals surface area (Å²) < 4.78 is 15.8. The Kier molecular flexibility index (Phi) is 5.87. The topological polar surface area (TPSA) is 106 Å². The van der Waals surface area contributed by atoms with Gasteiger partial charge in [-0.25, -0.2) is 4.79 Å². The van der Waals surface area contributed by atoms with Crippen molar-refractivity contribution in [1.82, 2.24) is 10.2 Å². The predicted octanol–water partition coefficient (Wildman–Crippen LogP) is 2.02. The third-order valence-electron chi connectivity index (χ3n) is 4.41. The number of methoxy groups -OCH3 is 3. The summed E-state index contributed by atoms with van der Waals surface area (Å²) in [4.78, 5) is 37.4. The normalized spacial score (nSPS) is 13.1. The molecule has 4 amide bonds. The van der Waals surface area contributed by atoms with Gasteiger partial charge in [0, 0.05) is 17.8 Å². The molecule has 1 saturated heterocycles. The summed E-state index contributed by atoms with van der Waals surface area (Å²) in [6.07, 6.45) is 0. The van der Waals surface area contributed by atoms with Crippen LogP contribution in [0.3, 0.4) is 0 Å². The van der Waals surface area contributed by atoms with Crippen molar-refractivity contribution in [2.75, 3.05) is 33.2 Å². The Labute approximate surface area is 167 Å². The third-order valence-corrected chi connectivity index (χ3v) is 4.41. The number of amides is 4. The number of hydrogen-bond donors (Lipinski definition) is 2. The summed E-state index contributed by atoms with van der Waals surface area (Å²) in [5, 5.41) is 5.26. The lowest BCUT2D eigenvalue weighted by molar-refractivity contribution is -0.125. The molecule has 2 aromatic rings. The standard InChI is InChI=1S/C20H21N3O6/c1-27-15-9-17(29-3)16(28-2)8-14(15)19(25)22-13-6-4-5-12(7-13)11-23-18(24)10-21-20(23)26/h4-9H,10-11H2,1-3H3,(H,21,26)(H,22,25). The minimum atomic E-state index is -0.431. The highest BCUT2D eigenvalue weighted by molar-refractivity contribution is 6.07. The van der Waals surface area contributed by atoms with Gasteiger partial charge in [0.15, 0.2) is 11.5 Å². The van der Waals surface area contributed by atoms with E-state index in [9.17, 15) is 14.4 Å². The second-order valence-electron chi connectivity index (χ2n) is 6.20. The van der Waals surface area contributed by atoms with Gasteiger partial charge in [-0.2, -0.15) is 0 Å². The van der Waals surface area contributed by atoms with Gasteiger partial charge in [0.1, 0.15) is 5.75 Å². The van der Waals surface area contributed by atoms with Gasteiger partial charge in [0.05, 0.1) is 40.0 Å². The summed E-state index contributed by atoms with van der Waals surface area (Å²) in [6, 6.07) is 9.58. The fourth-order valence-corrected chi connectivity index (χ4v) is 2.95. The third kappa shape index (κ3) is 4.23. The Morgan fingerprint density at radius 2 is 1.72 bits per heavy atom. The zero-order valence-electron chi connectivity index (χ0n) is 16.3. The molecule has 1 aliphatic heterocycles. The van der Waals surface area contributed by atoms with Gasteiger partial charge < -0.3 is 24.8 Å². The molecule has 1 heterocycles. The molecule has 3 rings (SSSR count). The molecule has 0 atom stereocenters. The number of hydrogen-bond acceptors (Lipinski definition) is 6. The van der Waals surface area contributed by atoms with Crippen molar-refractivity contribution >= 4 is 23.5 Å². The number of nitrogens with one attached hydrogen (secondary N) is 2. The number of ether oxygens (including phenoxy) is 3. The fourth-order valence-electron chi connectivity index (χ4n) is 2.95. The van der Waals surface area contributed by atoms with Crippen LogP contribution in [-0.4, -0.2) is 50.6 Å². The van der Waals surface area contributed by atoms with Gasteiger partial charge in [-0.15, -0.1) is 0 Å². The van der Waals surface area contributed by atoms with Crippen LogP contribution in [0.4, 0.5) is 10.5 Å². The quantitative estimate of drug-likeness (QED) is 0.690. The molecule has 9 heteroatoms. The molecule has 0 unspecified atom stereocenters. The molecule has 1 fully saturated rings. The second kappa shape index (κ2) is 8.51. The number of rotatable bonds is 7. The van der Waals surface area contributed by atoms with Crippen LogP contribution in [0, 0.1) is 0 Å². The van der Waals surface area contributed by atoms with Crippen LogP contribution >= 0.6 is 0 Å². The number of urea groups is 1. The Balaban J connectivity index is 1.81. The molecule has 9 nitrogen and oxygen atoms in total. The van der Waals surface area contributed by atoms with E-state index in [1.165, 1.54) is 27.4 Å². The van der Waals surface area contributed by atoms with Crippen LogP contribution in [0.2, 0.25) is 0 Å². The van der Waals surface area contributed by atoms with Crippen LogP contribution in [-0.2, 0) is 11.3 Å². The fraction of sp³-hybridized carbons (Fsp3) is 0.250. The van der Waals surface area contributed by atoms with Crippen LogP contribution in [0.1, 0.15) is 15.9 Å². The average molecular weight is 399 g/mol. The number of carbonyl (C=O) groups excluding carboxylic acids is 3. The van der Waals surface area contributed by atoms with Crippen LogP contribution in [0.25, 0.3) is 0 Å². The molecular weight excluding hydrogens is 378 g/mol. The van der Waals surface area contributed by atoms with E-state index < -0.39 is 11.9 Å². The van der Waals surface area contributed by atoms with Crippen molar-refractivity contribution < 1.29 is 28.6 Å². The minimum absolute atomic E-state index is 0.00560. The van der Waals surface area contributed by atoms with E-state index in [1.807, 2.05) is 0 Å². The van der Waals surface area contributed by atoms with Gasteiger partial charge in [0.25, 0.3) is 5.91 Å². The summed E-state index contributed by atoms with van der Waals surface area (Å²) in [5.41, 5.74) is 1.48. The number of anilines is 1.